The number of anilines is 1. The molecule has 0 saturated carbocycles. The van der Waals surface area contributed by atoms with E-state index in [9.17, 15) is 22.4 Å². The number of hydrogen-bond donors (Lipinski definition) is 1. The van der Waals surface area contributed by atoms with E-state index in [-0.39, 0.29) is 29.7 Å². The Balaban J connectivity index is 1.70. The zero-order valence-electron chi connectivity index (χ0n) is 19.3. The first-order valence-corrected chi connectivity index (χ1v) is 12.8. The summed E-state index contributed by atoms with van der Waals surface area (Å²) in [7, 11) is 0.925. The van der Waals surface area contributed by atoms with Gasteiger partial charge in [-0.15, -0.1) is 0 Å². The van der Waals surface area contributed by atoms with Gasteiger partial charge in [-0.05, 0) is 18.4 Å². The third-order valence-corrected chi connectivity index (χ3v) is 8.53. The van der Waals surface area contributed by atoms with Gasteiger partial charge in [0.15, 0.2) is 5.82 Å². The number of nitrogens with zero attached hydrogens (tertiary/aromatic N) is 3. The van der Waals surface area contributed by atoms with Crippen molar-refractivity contribution in [2.24, 2.45) is 0 Å². The zero-order chi connectivity index (χ0) is 25.1. The van der Waals surface area contributed by atoms with Crippen molar-refractivity contribution in [3.05, 3.63) is 53.1 Å². The molecule has 2 aromatic carbocycles. The number of amides is 1. The number of rotatable bonds is 7. The molecule has 11 heteroatoms. The van der Waals surface area contributed by atoms with Crippen LogP contribution in [-0.2, 0) is 18.0 Å². The summed E-state index contributed by atoms with van der Waals surface area (Å²) in [5.41, 5.74) is -0.172. The molecule has 0 atom stereocenters. The third-order valence-electron chi connectivity index (χ3n) is 6.02. The van der Waals surface area contributed by atoms with Gasteiger partial charge in [0.1, 0.15) is 24.1 Å². The molecule has 1 N–H and O–H groups in total. The molecule has 4 rings (SSSR count). The molecule has 3 aromatic rings. The Labute approximate surface area is 201 Å². The summed E-state index contributed by atoms with van der Waals surface area (Å²) in [5, 5.41) is 4.56. The molecule has 0 bridgehead atoms. The van der Waals surface area contributed by atoms with Gasteiger partial charge in [0.05, 0.1) is 18.2 Å². The van der Waals surface area contributed by atoms with E-state index in [1.54, 1.807) is 20.1 Å². The predicted molar refractivity (Wildman–Crippen MR) is 128 cm³/mol. The van der Waals surface area contributed by atoms with Crippen LogP contribution in [0.5, 0.6) is 5.75 Å². The Morgan fingerprint density at radius 1 is 1.23 bits per heavy atom. The molecule has 1 fully saturated rings. The minimum atomic E-state index is -2.93. The van der Waals surface area contributed by atoms with Crippen molar-refractivity contribution in [2.75, 3.05) is 37.8 Å². The Bertz CT molecular complexity index is 1240. The van der Waals surface area contributed by atoms with Gasteiger partial charge in [-0.2, -0.15) is 0 Å². The first-order valence-electron chi connectivity index (χ1n) is 11.1. The molecule has 6 nitrogen and oxygen atoms in total. The van der Waals surface area contributed by atoms with Crippen LogP contribution in [-0.4, -0.2) is 53.3 Å². The zero-order valence-corrected chi connectivity index (χ0v) is 20.2. The van der Waals surface area contributed by atoms with Gasteiger partial charge in [-0.3, -0.25) is 4.79 Å². The molecule has 0 unspecified atom stereocenters. The molecule has 1 aromatic heterocycles. The minimum Gasteiger partial charge on any atom is -0.496 e. The summed E-state index contributed by atoms with van der Waals surface area (Å²) in [6, 6.07) is 7.46. The number of fused-ring (bicyclic) bond motifs is 1. The minimum absolute atomic E-state index is 0.0473. The number of methoxy groups -OCH3 is 1. The van der Waals surface area contributed by atoms with E-state index in [1.165, 1.54) is 12.1 Å². The number of carbonyl (C=O) groups excluding carboxylic acids is 1. The van der Waals surface area contributed by atoms with Gasteiger partial charge in [-0.25, -0.2) is 27.5 Å². The predicted octanol–water partition coefficient (Wildman–Crippen LogP) is 4.77. The van der Waals surface area contributed by atoms with Gasteiger partial charge in [0, 0.05) is 48.9 Å². The van der Waals surface area contributed by atoms with Crippen molar-refractivity contribution in [3.63, 3.8) is 0 Å². The summed E-state index contributed by atoms with van der Waals surface area (Å²) in [6.45, 7) is 1.85. The number of nitrogens with one attached hydrogen (secondary N) is 1. The van der Waals surface area contributed by atoms with Crippen LogP contribution >= 0.6 is 7.92 Å². The lowest BCUT2D eigenvalue weighted by Crippen LogP contribution is -2.38. The van der Waals surface area contributed by atoms with Crippen LogP contribution < -0.4 is 15.4 Å². The second-order valence-electron chi connectivity index (χ2n) is 8.13. The Morgan fingerprint density at radius 2 is 1.97 bits per heavy atom. The first-order chi connectivity index (χ1) is 16.8. The fourth-order valence-electron chi connectivity index (χ4n) is 4.14. The number of aromatic nitrogens is 2. The molecule has 0 radical (unpaired) electrons. The highest BCUT2D eigenvalue weighted by Crippen LogP contribution is 2.42. The lowest BCUT2D eigenvalue weighted by Gasteiger charge is -2.32. The lowest BCUT2D eigenvalue weighted by atomic mass is 10.1. The third kappa shape index (κ3) is 5.32. The molecule has 1 aliphatic rings. The summed E-state index contributed by atoms with van der Waals surface area (Å²) < 4.78 is 59.8. The number of carbonyl (C=O) groups is 1. The molecule has 0 spiro atoms. The van der Waals surface area contributed by atoms with Gasteiger partial charge in [-0.1, -0.05) is 26.1 Å². The fourth-order valence-corrected chi connectivity index (χ4v) is 6.59. The standard InChI is InChI=1S/C24H25F4N4O2P/c1-14(33)32-6-8-35(9-7-32)20-10-17-18(11-19(20)34-2)30-21(12-25)31-24(17)29-13-15-4-3-5-16(22(15)26)23(27)28/h3-5,10-11,23H,6-9,12-13H2,1-2H3,(H,29,30,31). The quantitative estimate of drug-likeness (QED) is 0.368. The van der Waals surface area contributed by atoms with E-state index >= 15 is 0 Å². The van der Waals surface area contributed by atoms with Crippen LogP contribution in [0.15, 0.2) is 30.3 Å². The maximum Gasteiger partial charge on any atom is 0.266 e. The molecule has 1 amide bonds. The van der Waals surface area contributed by atoms with Gasteiger partial charge in [0.25, 0.3) is 6.43 Å². The molecular weight excluding hydrogens is 483 g/mol. The van der Waals surface area contributed by atoms with E-state index in [2.05, 4.69) is 15.3 Å². The molecule has 186 valence electrons. The monoisotopic (exact) mass is 508 g/mol. The average Bonchev–Trinajstić information content (AvgIpc) is 2.86. The number of benzene rings is 2. The van der Waals surface area contributed by atoms with E-state index in [0.29, 0.717) is 29.7 Å². The van der Waals surface area contributed by atoms with Crippen LogP contribution in [0.25, 0.3) is 10.9 Å². The molecule has 1 aliphatic heterocycles. The average molecular weight is 508 g/mol. The summed E-state index contributed by atoms with van der Waals surface area (Å²) >= 11 is 0. The number of ether oxygens (including phenoxy) is 1. The van der Waals surface area contributed by atoms with Crippen molar-refractivity contribution in [1.29, 1.82) is 0 Å². The topological polar surface area (TPSA) is 67.4 Å². The highest BCUT2D eigenvalue weighted by molar-refractivity contribution is 7.66. The van der Waals surface area contributed by atoms with E-state index in [0.717, 1.165) is 23.7 Å². The lowest BCUT2D eigenvalue weighted by molar-refractivity contribution is -0.128. The SMILES string of the molecule is COc1cc2nc(CF)nc(NCc3cccc(C(F)F)c3F)c2cc1P1CCN(C(C)=O)CC1. The molecule has 35 heavy (non-hydrogen) atoms. The molecule has 0 aliphatic carbocycles. The second-order valence-corrected chi connectivity index (χ2v) is 10.6. The van der Waals surface area contributed by atoms with Crippen LogP contribution in [0.4, 0.5) is 23.4 Å². The van der Waals surface area contributed by atoms with Crippen molar-refractivity contribution >= 4 is 35.9 Å². The smallest absolute Gasteiger partial charge is 0.266 e. The number of halogens is 4. The van der Waals surface area contributed by atoms with E-state index < -0.39 is 32.4 Å². The van der Waals surface area contributed by atoms with E-state index in [4.69, 9.17) is 4.74 Å². The van der Waals surface area contributed by atoms with Crippen LogP contribution in [0.1, 0.15) is 30.3 Å². The van der Waals surface area contributed by atoms with Crippen LogP contribution in [0.3, 0.4) is 0 Å². The molecular formula is C24H25F4N4O2P. The van der Waals surface area contributed by atoms with E-state index in [1.807, 2.05) is 11.0 Å². The van der Waals surface area contributed by atoms with Crippen molar-refractivity contribution in [3.8, 4) is 5.75 Å². The summed E-state index contributed by atoms with van der Waals surface area (Å²) in [5.74, 6) is -0.0816. The Kier molecular flexibility index (Phi) is 7.69. The fraction of sp³-hybridized carbons (Fsp3) is 0.375. The summed E-state index contributed by atoms with van der Waals surface area (Å²) in [6.07, 6.45) is -1.30. The Hall–Kier alpha value is -3.00. The van der Waals surface area contributed by atoms with Gasteiger partial charge in [0.2, 0.25) is 5.91 Å². The molecule has 2 heterocycles. The largest absolute Gasteiger partial charge is 0.496 e. The highest BCUT2D eigenvalue weighted by Gasteiger charge is 2.25. The second kappa shape index (κ2) is 10.7. The summed E-state index contributed by atoms with van der Waals surface area (Å²) in [4.78, 5) is 22.0. The maximum atomic E-state index is 14.5. The van der Waals surface area contributed by atoms with Crippen molar-refractivity contribution in [2.45, 2.75) is 26.6 Å². The molecule has 1 saturated heterocycles. The van der Waals surface area contributed by atoms with Crippen LogP contribution in [0, 0.1) is 5.82 Å². The first kappa shape index (κ1) is 25.1. The van der Waals surface area contributed by atoms with Crippen molar-refractivity contribution < 1.29 is 27.1 Å². The normalized spacial score (nSPS) is 14.5. The van der Waals surface area contributed by atoms with Crippen molar-refractivity contribution in [1.82, 2.24) is 14.9 Å². The van der Waals surface area contributed by atoms with Crippen LogP contribution in [0.2, 0.25) is 0 Å². The number of hydrogen-bond acceptors (Lipinski definition) is 5. The van der Waals surface area contributed by atoms with Gasteiger partial charge >= 0.3 is 0 Å². The van der Waals surface area contributed by atoms with Gasteiger partial charge < -0.3 is 15.0 Å². The Morgan fingerprint density at radius 3 is 2.60 bits per heavy atom. The maximum absolute atomic E-state index is 14.5. The number of alkyl halides is 3. The highest BCUT2D eigenvalue weighted by atomic mass is 31.1.